The minimum absolute atomic E-state index is 0.0960. The Morgan fingerprint density at radius 3 is 2.53 bits per heavy atom. The van der Waals surface area contributed by atoms with Crippen LogP contribution in [0, 0.1) is 0 Å². The first-order valence-electron chi connectivity index (χ1n) is 5.06. The van der Waals surface area contributed by atoms with Gasteiger partial charge >= 0.3 is 0 Å². The van der Waals surface area contributed by atoms with E-state index in [1.54, 1.807) is 0 Å². The van der Waals surface area contributed by atoms with Gasteiger partial charge in [0, 0.05) is 26.4 Å². The molecule has 0 saturated carbocycles. The first-order chi connectivity index (χ1) is 8.81. The highest BCUT2D eigenvalue weighted by atomic mass is 79.9. The van der Waals surface area contributed by atoms with Crippen LogP contribution in [0.4, 0.5) is 5.69 Å². The minimum atomic E-state index is -3.84. The van der Waals surface area contributed by atoms with Crippen LogP contribution in [0.1, 0.15) is 0 Å². The van der Waals surface area contributed by atoms with Crippen molar-refractivity contribution >= 4 is 31.6 Å². The summed E-state index contributed by atoms with van der Waals surface area (Å²) in [6, 6.07) is 2.66. The number of hydrogen-bond donors (Lipinski definition) is 1. The molecule has 0 amide bonds. The van der Waals surface area contributed by atoms with Crippen LogP contribution in [0.25, 0.3) is 0 Å². The largest absolute Gasteiger partial charge is 0.316 e. The first kappa shape index (κ1) is 13.7. The summed E-state index contributed by atoms with van der Waals surface area (Å²) >= 11 is 3.02. The van der Waals surface area contributed by atoms with Gasteiger partial charge in [-0.25, -0.2) is 4.68 Å². The molecular formula is C9H10BrN5O3S. The van der Waals surface area contributed by atoms with E-state index in [2.05, 4.69) is 31.0 Å². The third-order valence-electron chi connectivity index (χ3n) is 2.33. The molecule has 0 aliphatic rings. The van der Waals surface area contributed by atoms with Gasteiger partial charge in [-0.05, 0) is 22.0 Å². The van der Waals surface area contributed by atoms with E-state index in [9.17, 15) is 13.2 Å². The summed E-state index contributed by atoms with van der Waals surface area (Å²) in [6.45, 7) is 0. The molecule has 2 heterocycles. The van der Waals surface area contributed by atoms with Crippen molar-refractivity contribution < 1.29 is 8.42 Å². The van der Waals surface area contributed by atoms with Crippen molar-refractivity contribution in [3.05, 3.63) is 33.3 Å². The van der Waals surface area contributed by atoms with Crippen LogP contribution in [0.15, 0.2) is 32.8 Å². The molecule has 2 rings (SSSR count). The molecule has 19 heavy (non-hydrogen) atoms. The summed E-state index contributed by atoms with van der Waals surface area (Å²) in [5.74, 6) is 0. The fraction of sp³-hybridized carbons (Fsp3) is 0.222. The Kier molecular flexibility index (Phi) is 3.45. The van der Waals surface area contributed by atoms with Gasteiger partial charge < -0.3 is 4.57 Å². The standard InChI is InChI=1S/C9H10BrN5O3S/c1-14-5-6(3-4-7(14)16)12-19(17,18)9-8(10)11-13-15(9)2/h3-5,12H,1-2H3. The van der Waals surface area contributed by atoms with E-state index in [1.165, 1.54) is 37.0 Å². The van der Waals surface area contributed by atoms with Crippen molar-refractivity contribution in [2.24, 2.45) is 14.1 Å². The van der Waals surface area contributed by atoms with Gasteiger partial charge in [0.2, 0.25) is 10.6 Å². The first-order valence-corrected chi connectivity index (χ1v) is 7.33. The van der Waals surface area contributed by atoms with Crippen LogP contribution in [-0.2, 0) is 24.1 Å². The number of anilines is 1. The number of pyridine rings is 1. The Hall–Kier alpha value is -1.68. The third kappa shape index (κ3) is 2.68. The fourth-order valence-corrected chi connectivity index (χ4v) is 3.61. The van der Waals surface area contributed by atoms with Crippen molar-refractivity contribution in [1.82, 2.24) is 19.6 Å². The van der Waals surface area contributed by atoms with Crippen LogP contribution in [-0.4, -0.2) is 28.0 Å². The summed E-state index contributed by atoms with van der Waals surface area (Å²) in [5, 5.41) is 7.12. The highest BCUT2D eigenvalue weighted by molar-refractivity contribution is 9.10. The Balaban J connectivity index is 2.42. The highest BCUT2D eigenvalue weighted by Gasteiger charge is 2.24. The van der Waals surface area contributed by atoms with Crippen LogP contribution in [0.3, 0.4) is 0 Å². The van der Waals surface area contributed by atoms with Crippen molar-refractivity contribution in [1.29, 1.82) is 0 Å². The quantitative estimate of drug-likeness (QED) is 0.847. The van der Waals surface area contributed by atoms with Gasteiger partial charge in [0.05, 0.1) is 5.69 Å². The van der Waals surface area contributed by atoms with Gasteiger partial charge in [-0.3, -0.25) is 9.52 Å². The van der Waals surface area contributed by atoms with Crippen LogP contribution in [0.5, 0.6) is 0 Å². The smallest absolute Gasteiger partial charge is 0.281 e. The molecule has 0 radical (unpaired) electrons. The molecule has 0 bridgehead atoms. The highest BCUT2D eigenvalue weighted by Crippen LogP contribution is 2.20. The van der Waals surface area contributed by atoms with Gasteiger partial charge in [-0.15, -0.1) is 5.10 Å². The second-order valence-corrected chi connectivity index (χ2v) is 6.13. The van der Waals surface area contributed by atoms with E-state index in [1.807, 2.05) is 0 Å². The van der Waals surface area contributed by atoms with Crippen LogP contribution >= 0.6 is 15.9 Å². The number of aryl methyl sites for hydroxylation is 2. The predicted octanol–water partition coefficient (Wildman–Crippen LogP) is 0.0771. The van der Waals surface area contributed by atoms with Crippen molar-refractivity contribution in [2.45, 2.75) is 5.03 Å². The van der Waals surface area contributed by atoms with E-state index < -0.39 is 10.0 Å². The summed E-state index contributed by atoms with van der Waals surface area (Å²) in [4.78, 5) is 11.2. The average molecular weight is 348 g/mol. The molecule has 0 aliphatic carbocycles. The summed E-state index contributed by atoms with van der Waals surface area (Å²) in [7, 11) is -0.840. The number of hydrogen-bond acceptors (Lipinski definition) is 5. The second kappa shape index (κ2) is 4.78. The molecule has 0 fully saturated rings. The van der Waals surface area contributed by atoms with Gasteiger partial charge in [0.15, 0.2) is 4.60 Å². The molecule has 0 unspecified atom stereocenters. The van der Waals surface area contributed by atoms with E-state index in [4.69, 9.17) is 0 Å². The predicted molar refractivity (Wildman–Crippen MR) is 71.2 cm³/mol. The van der Waals surface area contributed by atoms with E-state index in [0.717, 1.165) is 4.68 Å². The molecule has 0 spiro atoms. The Bertz CT molecular complexity index is 760. The molecule has 1 N–H and O–H groups in total. The third-order valence-corrected chi connectivity index (χ3v) is 4.60. The lowest BCUT2D eigenvalue weighted by Crippen LogP contribution is -2.20. The second-order valence-electron chi connectivity index (χ2n) is 3.78. The Labute approximate surface area is 117 Å². The summed E-state index contributed by atoms with van der Waals surface area (Å²) < 4.78 is 29.2. The number of rotatable bonds is 3. The molecule has 10 heteroatoms. The minimum Gasteiger partial charge on any atom is -0.316 e. The van der Waals surface area contributed by atoms with Gasteiger partial charge in [-0.2, -0.15) is 8.42 Å². The molecule has 2 aromatic heterocycles. The fourth-order valence-electron chi connectivity index (χ4n) is 1.47. The average Bonchev–Trinajstić information content (AvgIpc) is 2.64. The lowest BCUT2D eigenvalue weighted by atomic mass is 10.4. The number of aromatic nitrogens is 4. The summed E-state index contributed by atoms with van der Waals surface area (Å²) in [5.41, 5.74) is 0.0431. The Morgan fingerprint density at radius 1 is 1.32 bits per heavy atom. The molecule has 8 nitrogen and oxygen atoms in total. The maximum Gasteiger partial charge on any atom is 0.281 e. The SMILES string of the molecule is Cn1nnc(Br)c1S(=O)(=O)Nc1ccc(=O)n(C)c1. The monoisotopic (exact) mass is 347 g/mol. The van der Waals surface area contributed by atoms with E-state index in [-0.39, 0.29) is 20.9 Å². The zero-order chi connectivity index (χ0) is 14.2. The lowest BCUT2D eigenvalue weighted by molar-refractivity contribution is 0.578. The number of nitrogens with zero attached hydrogens (tertiary/aromatic N) is 4. The summed E-state index contributed by atoms with van der Waals surface area (Å²) in [6.07, 6.45) is 1.39. The number of halogens is 1. The Morgan fingerprint density at radius 2 is 2.00 bits per heavy atom. The van der Waals surface area contributed by atoms with Gasteiger partial charge in [-0.1, -0.05) is 5.21 Å². The van der Waals surface area contributed by atoms with Crippen molar-refractivity contribution in [2.75, 3.05) is 4.72 Å². The molecule has 0 saturated heterocycles. The molecule has 2 aromatic rings. The normalized spacial score (nSPS) is 11.5. The molecule has 0 atom stereocenters. The number of nitrogens with one attached hydrogen (secondary N) is 1. The molecule has 0 aromatic carbocycles. The number of sulfonamides is 1. The van der Waals surface area contributed by atoms with Crippen LogP contribution in [0.2, 0.25) is 0 Å². The molecule has 0 aliphatic heterocycles. The topological polar surface area (TPSA) is 98.9 Å². The van der Waals surface area contributed by atoms with Gasteiger partial charge in [0.25, 0.3) is 10.0 Å². The maximum atomic E-state index is 12.2. The van der Waals surface area contributed by atoms with Gasteiger partial charge in [0.1, 0.15) is 0 Å². The van der Waals surface area contributed by atoms with Crippen molar-refractivity contribution in [3.8, 4) is 0 Å². The van der Waals surface area contributed by atoms with Crippen molar-refractivity contribution in [3.63, 3.8) is 0 Å². The molecule has 102 valence electrons. The zero-order valence-electron chi connectivity index (χ0n) is 10.0. The van der Waals surface area contributed by atoms with E-state index >= 15 is 0 Å². The zero-order valence-corrected chi connectivity index (χ0v) is 12.4. The lowest BCUT2D eigenvalue weighted by Gasteiger charge is -2.08. The maximum absolute atomic E-state index is 12.2. The molecular weight excluding hydrogens is 338 g/mol. The van der Waals surface area contributed by atoms with E-state index in [0.29, 0.717) is 0 Å². The van der Waals surface area contributed by atoms with Crippen LogP contribution < -0.4 is 10.3 Å².